The molecule has 12 heteroatoms. The molecular formula is C48H66O12. The van der Waals surface area contributed by atoms with Crippen molar-refractivity contribution in [3.63, 3.8) is 0 Å². The van der Waals surface area contributed by atoms with Crippen LogP contribution in [0, 0.1) is 50.2 Å². The first-order valence-electron chi connectivity index (χ1n) is 21.9. The first-order chi connectivity index (χ1) is 28.0. The third kappa shape index (κ3) is 7.14. The SMILES string of the molecule is COC(=O)[C@@]1(C)CC[C@]2(C)CC[C@]3(C)C(=CC(=O)[C@@H]4[C@@]5(C)CC[C@H](O[C@H]6O[C@H](COC(=O)c7ccccc7)[C@@H](O)[C@H](OC(C)=O)[C@H]6OC(C)=O)C(C)(C)[C@@H]5CC[C@]43C)[C@H]2C1. The second kappa shape index (κ2) is 15.6. The van der Waals surface area contributed by atoms with Crippen molar-refractivity contribution in [2.24, 2.45) is 50.2 Å². The summed E-state index contributed by atoms with van der Waals surface area (Å²) in [5, 5.41) is 11.5. The van der Waals surface area contributed by atoms with Gasteiger partial charge in [-0.2, -0.15) is 0 Å². The molecule has 0 radical (unpaired) electrons. The fourth-order valence-electron chi connectivity index (χ4n) is 13.6. The lowest BCUT2D eigenvalue weighted by Crippen LogP contribution is -2.67. The number of aliphatic hydroxyl groups is 1. The van der Waals surface area contributed by atoms with Crippen LogP contribution in [0.5, 0.6) is 0 Å². The standard InChI is InChI=1S/C48H66O12/c1-27(49)57-37-36(52)33(26-56-40(53)29-14-12-11-13-15-29)59-41(38(37)58-28(2)50)60-35-17-18-46(7)34(43(35,3)4)16-19-48(9)39(46)32(51)24-30-31-25-45(6,42(54)55-10)21-20-44(31,5)22-23-47(30,48)8/h11-15,24,31,33-39,41,52H,16-23,25-26H2,1-10H3/t31-,33-,34+,35+,36-,37+,38-,39-,41-,44-,45+,46+,47-,48-/m1/s1. The Morgan fingerprint density at radius 3 is 2.13 bits per heavy atom. The number of carbonyl (C=O) groups is 5. The second-order valence-corrected chi connectivity index (χ2v) is 20.9. The molecule has 5 aliphatic carbocycles. The van der Waals surface area contributed by atoms with E-state index in [9.17, 15) is 29.1 Å². The number of carbonyl (C=O) groups excluding carboxylic acids is 5. The molecule has 60 heavy (non-hydrogen) atoms. The van der Waals surface area contributed by atoms with Crippen LogP contribution in [0.3, 0.4) is 0 Å². The van der Waals surface area contributed by atoms with Crippen LogP contribution in [-0.4, -0.2) is 85.3 Å². The van der Waals surface area contributed by atoms with Crippen molar-refractivity contribution in [2.45, 2.75) is 157 Å². The first kappa shape index (κ1) is 44.4. The van der Waals surface area contributed by atoms with Crippen molar-refractivity contribution in [1.29, 1.82) is 0 Å². The number of methoxy groups -OCH3 is 1. The van der Waals surface area contributed by atoms with Gasteiger partial charge in [-0.3, -0.25) is 19.2 Å². The molecule has 0 aromatic heterocycles. The van der Waals surface area contributed by atoms with Gasteiger partial charge in [0.2, 0.25) is 0 Å². The van der Waals surface area contributed by atoms with Crippen LogP contribution in [0.4, 0.5) is 0 Å². The lowest BCUT2D eigenvalue weighted by atomic mass is 9.33. The van der Waals surface area contributed by atoms with Crippen LogP contribution in [-0.2, 0) is 47.6 Å². The van der Waals surface area contributed by atoms with Crippen molar-refractivity contribution in [3.05, 3.63) is 47.5 Å². The smallest absolute Gasteiger partial charge is 0.338 e. The van der Waals surface area contributed by atoms with Crippen molar-refractivity contribution in [1.82, 2.24) is 0 Å². The first-order valence-corrected chi connectivity index (χ1v) is 21.9. The summed E-state index contributed by atoms with van der Waals surface area (Å²) in [5.41, 5.74) is -0.461. The van der Waals surface area contributed by atoms with E-state index < -0.39 is 65.5 Å². The van der Waals surface area contributed by atoms with Gasteiger partial charge in [0.15, 0.2) is 24.3 Å². The zero-order valence-corrected chi connectivity index (χ0v) is 37.2. The van der Waals surface area contributed by atoms with Gasteiger partial charge in [-0.25, -0.2) is 4.79 Å². The number of esters is 4. The molecule has 0 spiro atoms. The highest BCUT2D eigenvalue weighted by Crippen LogP contribution is 2.75. The number of hydrogen-bond donors (Lipinski definition) is 1. The maximum absolute atomic E-state index is 15.0. The number of rotatable bonds is 8. The molecular weight excluding hydrogens is 769 g/mol. The van der Waals surface area contributed by atoms with Gasteiger partial charge in [0.05, 0.1) is 24.2 Å². The molecule has 7 rings (SSSR count). The molecule has 5 fully saturated rings. The minimum atomic E-state index is -1.52. The number of hydrogen-bond acceptors (Lipinski definition) is 12. The Morgan fingerprint density at radius 2 is 1.48 bits per heavy atom. The Labute approximate surface area is 354 Å². The Kier molecular flexibility index (Phi) is 11.6. The summed E-state index contributed by atoms with van der Waals surface area (Å²) in [6.07, 6.45) is 2.27. The molecule has 4 saturated carbocycles. The van der Waals surface area contributed by atoms with Crippen molar-refractivity contribution in [3.8, 4) is 0 Å². The minimum Gasteiger partial charge on any atom is -0.469 e. The average Bonchev–Trinajstić information content (AvgIpc) is 3.18. The molecule has 14 atom stereocenters. The van der Waals surface area contributed by atoms with Gasteiger partial charge in [0, 0.05) is 19.8 Å². The molecule has 1 aromatic carbocycles. The fraction of sp³-hybridized carbons (Fsp3) is 0.729. The van der Waals surface area contributed by atoms with E-state index in [2.05, 4.69) is 41.5 Å². The normalized spacial score (nSPS) is 43.1. The monoisotopic (exact) mass is 834 g/mol. The molecule has 0 bridgehead atoms. The molecule has 1 N–H and O–H groups in total. The van der Waals surface area contributed by atoms with E-state index in [0.29, 0.717) is 24.8 Å². The van der Waals surface area contributed by atoms with Gasteiger partial charge in [-0.1, -0.05) is 65.3 Å². The Hall–Kier alpha value is -3.61. The number of fused-ring (bicyclic) bond motifs is 7. The molecule has 6 aliphatic rings. The number of allylic oxidation sites excluding steroid dienone is 2. The van der Waals surface area contributed by atoms with E-state index >= 15 is 0 Å². The van der Waals surface area contributed by atoms with Crippen LogP contribution >= 0.6 is 0 Å². The highest BCUT2D eigenvalue weighted by atomic mass is 16.7. The second-order valence-electron chi connectivity index (χ2n) is 20.9. The molecule has 0 unspecified atom stereocenters. The maximum Gasteiger partial charge on any atom is 0.338 e. The molecule has 1 aromatic rings. The summed E-state index contributed by atoms with van der Waals surface area (Å²) in [5.74, 6) is -2.06. The number of aliphatic hydroxyl groups excluding tert-OH is 1. The zero-order chi connectivity index (χ0) is 43.8. The summed E-state index contributed by atoms with van der Waals surface area (Å²) in [6, 6.07) is 8.41. The number of ketones is 1. The molecule has 0 amide bonds. The third-order valence-corrected chi connectivity index (χ3v) is 17.1. The van der Waals surface area contributed by atoms with Gasteiger partial charge in [-0.15, -0.1) is 0 Å². The summed E-state index contributed by atoms with van der Waals surface area (Å²) >= 11 is 0. The summed E-state index contributed by atoms with van der Waals surface area (Å²) in [7, 11) is 1.47. The number of ether oxygens (including phenoxy) is 6. The summed E-state index contributed by atoms with van der Waals surface area (Å²) < 4.78 is 35.4. The topological polar surface area (TPSA) is 161 Å². The highest BCUT2D eigenvalue weighted by Gasteiger charge is 2.71. The van der Waals surface area contributed by atoms with E-state index in [-0.39, 0.29) is 57.8 Å². The molecule has 1 heterocycles. The van der Waals surface area contributed by atoms with Crippen molar-refractivity contribution in [2.75, 3.05) is 13.7 Å². The lowest BCUT2D eigenvalue weighted by molar-refractivity contribution is -0.331. The van der Waals surface area contributed by atoms with Gasteiger partial charge >= 0.3 is 23.9 Å². The van der Waals surface area contributed by atoms with E-state index in [1.807, 2.05) is 13.0 Å². The largest absolute Gasteiger partial charge is 0.469 e. The molecule has 1 aliphatic heterocycles. The maximum atomic E-state index is 15.0. The fourth-order valence-corrected chi connectivity index (χ4v) is 13.6. The quantitative estimate of drug-likeness (QED) is 0.158. The van der Waals surface area contributed by atoms with Crippen LogP contribution < -0.4 is 0 Å². The van der Waals surface area contributed by atoms with Gasteiger partial charge in [0.1, 0.15) is 18.8 Å². The third-order valence-electron chi connectivity index (χ3n) is 17.1. The van der Waals surface area contributed by atoms with Crippen molar-refractivity contribution >= 4 is 29.7 Å². The van der Waals surface area contributed by atoms with Crippen LogP contribution in [0.2, 0.25) is 0 Å². The van der Waals surface area contributed by atoms with Gasteiger partial charge < -0.3 is 33.5 Å². The summed E-state index contributed by atoms with van der Waals surface area (Å²) in [6.45, 7) is 17.8. The van der Waals surface area contributed by atoms with Crippen LogP contribution in [0.25, 0.3) is 0 Å². The van der Waals surface area contributed by atoms with E-state index in [1.165, 1.54) is 26.5 Å². The highest BCUT2D eigenvalue weighted by molar-refractivity contribution is 5.96. The summed E-state index contributed by atoms with van der Waals surface area (Å²) in [4.78, 5) is 65.9. The van der Waals surface area contributed by atoms with E-state index in [0.717, 1.165) is 38.5 Å². The predicted molar refractivity (Wildman–Crippen MR) is 219 cm³/mol. The van der Waals surface area contributed by atoms with Crippen LogP contribution in [0.15, 0.2) is 42.0 Å². The van der Waals surface area contributed by atoms with Crippen LogP contribution in [0.1, 0.15) is 130 Å². The Balaban J connectivity index is 1.16. The van der Waals surface area contributed by atoms with E-state index in [4.69, 9.17) is 28.4 Å². The molecule has 12 nitrogen and oxygen atoms in total. The average molecular weight is 835 g/mol. The lowest BCUT2D eigenvalue weighted by Gasteiger charge is -2.70. The Bertz CT molecular complexity index is 1910. The zero-order valence-electron chi connectivity index (χ0n) is 37.2. The molecule has 1 saturated heterocycles. The van der Waals surface area contributed by atoms with Gasteiger partial charge in [0.25, 0.3) is 0 Å². The predicted octanol–water partition coefficient (Wildman–Crippen LogP) is 7.33. The number of benzene rings is 1. The minimum absolute atomic E-state index is 0.0130. The van der Waals surface area contributed by atoms with Gasteiger partial charge in [-0.05, 0) is 122 Å². The van der Waals surface area contributed by atoms with E-state index in [1.54, 1.807) is 30.3 Å². The molecule has 330 valence electrons. The Morgan fingerprint density at radius 1 is 0.833 bits per heavy atom. The van der Waals surface area contributed by atoms with Crippen molar-refractivity contribution < 1.29 is 57.5 Å².